The fraction of sp³-hybridized carbons (Fsp3) is 0.375. The van der Waals surface area contributed by atoms with Gasteiger partial charge in [0.15, 0.2) is 0 Å². The van der Waals surface area contributed by atoms with Crippen LogP contribution < -0.4 is 0 Å². The van der Waals surface area contributed by atoms with E-state index in [-0.39, 0.29) is 13.0 Å². The number of ether oxygens (including phenoxy) is 1. The topological polar surface area (TPSA) is 63.0 Å². The molecule has 0 radical (unpaired) electrons. The van der Waals surface area contributed by atoms with Crippen LogP contribution in [0.1, 0.15) is 21.8 Å². The number of hydrogen-bond donors (Lipinski definition) is 0. The third-order valence-corrected chi connectivity index (χ3v) is 2.29. The second-order valence-corrected chi connectivity index (χ2v) is 3.17. The van der Waals surface area contributed by atoms with E-state index in [1.165, 1.54) is 11.3 Å². The Morgan fingerprint density at radius 2 is 2.62 bits per heavy atom. The van der Waals surface area contributed by atoms with Crippen LogP contribution >= 0.6 is 11.3 Å². The van der Waals surface area contributed by atoms with Crippen LogP contribution in [0.3, 0.4) is 0 Å². The third kappa shape index (κ3) is 2.53. The molecule has 0 aromatic carbocycles. The minimum atomic E-state index is -0.393. The molecule has 1 rings (SSSR count). The summed E-state index contributed by atoms with van der Waals surface area (Å²) in [4.78, 5) is 15.7. The van der Waals surface area contributed by atoms with Crippen LogP contribution in [0.4, 0.5) is 0 Å². The van der Waals surface area contributed by atoms with Crippen molar-refractivity contribution >= 4 is 17.3 Å². The highest BCUT2D eigenvalue weighted by molar-refractivity contribution is 7.11. The van der Waals surface area contributed by atoms with Crippen LogP contribution in [0.5, 0.6) is 0 Å². The summed E-state index contributed by atoms with van der Waals surface area (Å²) in [6.45, 7) is 1.89. The summed E-state index contributed by atoms with van der Waals surface area (Å²) < 4.78 is 4.82. The molecule has 0 spiro atoms. The normalized spacial score (nSPS) is 9.23. The summed E-state index contributed by atoms with van der Waals surface area (Å²) in [5, 5.41) is 8.21. The molecule has 0 saturated heterocycles. The number of nitriles is 1. The number of nitrogens with zero attached hydrogens (tertiary/aromatic N) is 2. The average Bonchev–Trinajstić information content (AvgIpc) is 2.52. The Morgan fingerprint density at radius 3 is 3.15 bits per heavy atom. The molecule has 0 aliphatic rings. The van der Waals surface area contributed by atoms with Gasteiger partial charge in [0.05, 0.1) is 23.7 Å². The summed E-state index contributed by atoms with van der Waals surface area (Å²) >= 11 is 1.25. The van der Waals surface area contributed by atoms with Crippen molar-refractivity contribution in [1.82, 2.24) is 4.98 Å². The maximum absolute atomic E-state index is 11.2. The highest BCUT2D eigenvalue weighted by Crippen LogP contribution is 2.13. The second kappa shape index (κ2) is 4.58. The molecular formula is C8H8N2O2S. The number of hydrogen-bond acceptors (Lipinski definition) is 5. The van der Waals surface area contributed by atoms with Gasteiger partial charge in [0.25, 0.3) is 0 Å². The zero-order chi connectivity index (χ0) is 9.68. The van der Waals surface area contributed by atoms with E-state index >= 15 is 0 Å². The fourth-order valence-electron chi connectivity index (χ4n) is 0.753. The van der Waals surface area contributed by atoms with Gasteiger partial charge in [-0.25, -0.2) is 9.78 Å². The molecule has 1 heterocycles. The van der Waals surface area contributed by atoms with Gasteiger partial charge in [-0.15, -0.1) is 11.3 Å². The van der Waals surface area contributed by atoms with E-state index in [2.05, 4.69) is 4.98 Å². The van der Waals surface area contributed by atoms with E-state index in [9.17, 15) is 4.79 Å². The molecule has 5 heteroatoms. The van der Waals surface area contributed by atoms with E-state index in [4.69, 9.17) is 10.00 Å². The average molecular weight is 196 g/mol. The van der Waals surface area contributed by atoms with Crippen molar-refractivity contribution in [2.75, 3.05) is 6.61 Å². The van der Waals surface area contributed by atoms with Crippen LogP contribution in [0.2, 0.25) is 0 Å². The van der Waals surface area contributed by atoms with Crippen molar-refractivity contribution < 1.29 is 9.53 Å². The zero-order valence-electron chi connectivity index (χ0n) is 7.11. The molecule has 4 nitrogen and oxygen atoms in total. The van der Waals surface area contributed by atoms with Crippen LogP contribution in [-0.4, -0.2) is 17.6 Å². The molecule has 0 aliphatic carbocycles. The van der Waals surface area contributed by atoms with E-state index in [1.54, 1.807) is 12.4 Å². The van der Waals surface area contributed by atoms with Gasteiger partial charge < -0.3 is 4.74 Å². The monoisotopic (exact) mass is 196 g/mol. The first-order valence-corrected chi connectivity index (χ1v) is 4.58. The number of aryl methyl sites for hydroxylation is 1. The maximum Gasteiger partial charge on any atom is 0.350 e. The third-order valence-electron chi connectivity index (χ3n) is 1.38. The Bertz CT molecular complexity index is 340. The molecule has 0 amide bonds. The van der Waals surface area contributed by atoms with E-state index in [1.807, 2.05) is 6.07 Å². The highest BCUT2D eigenvalue weighted by atomic mass is 32.1. The molecular weight excluding hydrogens is 188 g/mol. The Balaban J connectivity index is 2.50. The van der Waals surface area contributed by atoms with Crippen molar-refractivity contribution in [2.24, 2.45) is 0 Å². The minimum Gasteiger partial charge on any atom is -0.460 e. The highest BCUT2D eigenvalue weighted by Gasteiger charge is 2.12. The fourth-order valence-corrected chi connectivity index (χ4v) is 1.45. The molecule has 1 aromatic rings. The summed E-state index contributed by atoms with van der Waals surface area (Å²) in [5.41, 5.74) is 2.27. The number of aromatic nitrogens is 1. The molecule has 1 aromatic heterocycles. The molecule has 68 valence electrons. The lowest BCUT2D eigenvalue weighted by molar-refractivity contribution is 0.0518. The van der Waals surface area contributed by atoms with Crippen LogP contribution in [-0.2, 0) is 4.74 Å². The first-order chi connectivity index (χ1) is 6.25. The van der Waals surface area contributed by atoms with Gasteiger partial charge >= 0.3 is 5.97 Å². The molecule has 0 saturated carbocycles. The van der Waals surface area contributed by atoms with Crippen molar-refractivity contribution in [3.05, 3.63) is 16.1 Å². The minimum absolute atomic E-state index is 0.146. The van der Waals surface area contributed by atoms with Crippen molar-refractivity contribution in [1.29, 1.82) is 5.26 Å². The van der Waals surface area contributed by atoms with Gasteiger partial charge in [0.1, 0.15) is 11.5 Å². The van der Waals surface area contributed by atoms with Crippen LogP contribution in [0.15, 0.2) is 5.51 Å². The van der Waals surface area contributed by atoms with Crippen LogP contribution in [0, 0.1) is 18.3 Å². The van der Waals surface area contributed by atoms with Gasteiger partial charge in [-0.05, 0) is 6.92 Å². The predicted octanol–water partition coefficient (Wildman–Crippen LogP) is 1.52. The quantitative estimate of drug-likeness (QED) is 0.543. The number of carbonyl (C=O) groups is 1. The van der Waals surface area contributed by atoms with Gasteiger partial charge in [0, 0.05) is 0 Å². The van der Waals surface area contributed by atoms with Gasteiger partial charge in [0.2, 0.25) is 0 Å². The van der Waals surface area contributed by atoms with E-state index in [0.717, 1.165) is 0 Å². The number of carbonyl (C=O) groups excluding carboxylic acids is 1. The molecule has 0 unspecified atom stereocenters. The van der Waals surface area contributed by atoms with Crippen molar-refractivity contribution in [2.45, 2.75) is 13.3 Å². The number of thiazole rings is 1. The SMILES string of the molecule is Cc1ncsc1C(=O)OCCC#N. The van der Waals surface area contributed by atoms with Crippen molar-refractivity contribution in [3.8, 4) is 6.07 Å². The lowest BCUT2D eigenvalue weighted by Crippen LogP contribution is -2.05. The summed E-state index contributed by atoms with van der Waals surface area (Å²) in [6.07, 6.45) is 0.226. The molecule has 0 N–H and O–H groups in total. The van der Waals surface area contributed by atoms with Gasteiger partial charge in [-0.1, -0.05) is 0 Å². The summed E-state index contributed by atoms with van der Waals surface area (Å²) in [7, 11) is 0. The summed E-state index contributed by atoms with van der Waals surface area (Å²) in [6, 6.07) is 1.89. The number of esters is 1. The molecule has 13 heavy (non-hydrogen) atoms. The van der Waals surface area contributed by atoms with Gasteiger partial charge in [-0.3, -0.25) is 0 Å². The van der Waals surface area contributed by atoms with E-state index < -0.39 is 5.97 Å². The number of rotatable bonds is 3. The van der Waals surface area contributed by atoms with E-state index in [0.29, 0.717) is 10.6 Å². The first-order valence-electron chi connectivity index (χ1n) is 3.70. The standard InChI is InChI=1S/C8H8N2O2S/c1-6-7(13-5-10-6)8(11)12-4-2-3-9/h5H,2,4H2,1H3. The Hall–Kier alpha value is -1.41. The lowest BCUT2D eigenvalue weighted by atomic mass is 10.4. The lowest BCUT2D eigenvalue weighted by Gasteiger charge is -1.99. The maximum atomic E-state index is 11.2. The molecule has 0 fully saturated rings. The molecule has 0 bridgehead atoms. The van der Waals surface area contributed by atoms with Gasteiger partial charge in [-0.2, -0.15) is 5.26 Å². The zero-order valence-corrected chi connectivity index (χ0v) is 7.93. The first kappa shape index (κ1) is 9.68. The Kier molecular flexibility index (Phi) is 3.41. The molecule has 0 aliphatic heterocycles. The Morgan fingerprint density at radius 1 is 1.85 bits per heavy atom. The predicted molar refractivity (Wildman–Crippen MR) is 47.4 cm³/mol. The Labute approximate surface area is 79.8 Å². The van der Waals surface area contributed by atoms with Crippen LogP contribution in [0.25, 0.3) is 0 Å². The smallest absolute Gasteiger partial charge is 0.350 e. The second-order valence-electron chi connectivity index (χ2n) is 2.31. The molecule has 0 atom stereocenters. The largest absolute Gasteiger partial charge is 0.460 e. The summed E-state index contributed by atoms with van der Waals surface area (Å²) in [5.74, 6) is -0.393. The van der Waals surface area contributed by atoms with Crippen molar-refractivity contribution in [3.63, 3.8) is 0 Å².